The van der Waals surface area contributed by atoms with E-state index in [1.807, 2.05) is 41.3 Å². The summed E-state index contributed by atoms with van der Waals surface area (Å²) < 4.78 is 11.3. The Hall–Kier alpha value is -2.90. The van der Waals surface area contributed by atoms with Gasteiger partial charge in [0.15, 0.2) is 5.72 Å². The van der Waals surface area contributed by atoms with Crippen molar-refractivity contribution in [3.8, 4) is 0 Å². The van der Waals surface area contributed by atoms with Crippen LogP contribution in [-0.4, -0.2) is 61.7 Å². The number of hydrogen-bond acceptors (Lipinski definition) is 4. The molecule has 0 bridgehead atoms. The van der Waals surface area contributed by atoms with Crippen molar-refractivity contribution in [3.63, 3.8) is 0 Å². The number of fused-ring (bicyclic) bond motifs is 4. The van der Waals surface area contributed by atoms with Crippen molar-refractivity contribution in [3.05, 3.63) is 71.3 Å². The maximum absolute atomic E-state index is 13.7. The highest BCUT2D eigenvalue weighted by atomic mass is 16.5. The Kier molecular flexibility index (Phi) is 6.32. The zero-order valence-corrected chi connectivity index (χ0v) is 19.9. The van der Waals surface area contributed by atoms with Crippen LogP contribution in [0.4, 0.5) is 4.79 Å². The fourth-order valence-corrected chi connectivity index (χ4v) is 6.07. The maximum atomic E-state index is 13.7. The number of ether oxygens (including phenoxy) is 2. The number of nitrogens with one attached hydrogen (secondary N) is 1. The average Bonchev–Trinajstić information content (AvgIpc) is 2.88. The van der Waals surface area contributed by atoms with Crippen LogP contribution in [0, 0.1) is 5.92 Å². The fraction of sp³-hybridized carbons (Fsp3) is 0.481. The van der Waals surface area contributed by atoms with Gasteiger partial charge in [-0.15, -0.1) is 0 Å². The minimum atomic E-state index is -1.11. The van der Waals surface area contributed by atoms with E-state index in [9.17, 15) is 9.59 Å². The second kappa shape index (κ2) is 9.39. The number of piperidine rings is 2. The molecule has 0 aromatic heterocycles. The minimum Gasteiger partial charge on any atom is -0.379 e. The lowest BCUT2D eigenvalue weighted by Crippen LogP contribution is -2.63. The van der Waals surface area contributed by atoms with E-state index in [2.05, 4.69) is 28.4 Å². The molecule has 1 N–H and O–H groups in total. The summed E-state index contributed by atoms with van der Waals surface area (Å²) in [5, 5.41) is 3.12. The van der Waals surface area contributed by atoms with E-state index >= 15 is 0 Å². The Morgan fingerprint density at radius 1 is 1.09 bits per heavy atom. The molecule has 3 amide bonds. The van der Waals surface area contributed by atoms with Crippen molar-refractivity contribution in [2.75, 3.05) is 33.9 Å². The molecule has 2 fully saturated rings. The molecule has 2 aromatic carbocycles. The minimum absolute atomic E-state index is 0.0207. The number of amides is 3. The van der Waals surface area contributed by atoms with E-state index in [1.54, 1.807) is 14.2 Å². The summed E-state index contributed by atoms with van der Waals surface area (Å²) in [5.41, 5.74) is 2.24. The molecule has 0 saturated carbocycles. The summed E-state index contributed by atoms with van der Waals surface area (Å²) in [5.74, 6) is 0.0308. The van der Waals surface area contributed by atoms with Crippen LogP contribution in [-0.2, 0) is 26.4 Å². The topological polar surface area (TPSA) is 71.1 Å². The predicted molar refractivity (Wildman–Crippen MR) is 128 cm³/mol. The summed E-state index contributed by atoms with van der Waals surface area (Å²) in [4.78, 5) is 31.2. The average molecular weight is 464 g/mol. The van der Waals surface area contributed by atoms with Gasteiger partial charge in [-0.1, -0.05) is 54.6 Å². The molecule has 0 spiro atoms. The van der Waals surface area contributed by atoms with Crippen LogP contribution in [0.25, 0.3) is 0 Å². The highest BCUT2D eigenvalue weighted by molar-refractivity contribution is 5.84. The first-order chi connectivity index (χ1) is 16.6. The van der Waals surface area contributed by atoms with E-state index in [0.717, 1.165) is 37.8 Å². The zero-order chi connectivity index (χ0) is 23.7. The molecule has 0 radical (unpaired) electrons. The lowest BCUT2D eigenvalue weighted by atomic mass is 9.76. The SMILES string of the molecule is COC[C@](NC(=O)N1CCC[C@@H]2C(=O)N3CCc4ccccc4[C@H]3C[C@@H]21)(OC)c1ccccc1. The molecule has 0 unspecified atom stereocenters. The summed E-state index contributed by atoms with van der Waals surface area (Å²) >= 11 is 0. The Morgan fingerprint density at radius 3 is 2.62 bits per heavy atom. The van der Waals surface area contributed by atoms with E-state index in [0.29, 0.717) is 6.54 Å². The van der Waals surface area contributed by atoms with Gasteiger partial charge in [-0.3, -0.25) is 4.79 Å². The van der Waals surface area contributed by atoms with E-state index in [1.165, 1.54) is 11.1 Å². The Labute approximate surface area is 201 Å². The van der Waals surface area contributed by atoms with Crippen LogP contribution in [0.1, 0.15) is 42.0 Å². The van der Waals surface area contributed by atoms with Crippen molar-refractivity contribution in [1.82, 2.24) is 15.1 Å². The van der Waals surface area contributed by atoms with Gasteiger partial charge >= 0.3 is 6.03 Å². The molecule has 3 aliphatic heterocycles. The molecule has 34 heavy (non-hydrogen) atoms. The normalized spacial score (nSPS) is 25.6. The number of methoxy groups -OCH3 is 2. The third-order valence-corrected chi connectivity index (χ3v) is 7.76. The molecule has 7 nitrogen and oxygen atoms in total. The van der Waals surface area contributed by atoms with Gasteiger partial charge in [0.1, 0.15) is 0 Å². The van der Waals surface area contributed by atoms with Crippen LogP contribution >= 0.6 is 0 Å². The summed E-state index contributed by atoms with van der Waals surface area (Å²) in [6.07, 6.45) is 3.29. The molecule has 2 saturated heterocycles. The highest BCUT2D eigenvalue weighted by Crippen LogP contribution is 2.43. The summed E-state index contributed by atoms with van der Waals surface area (Å²) in [6.45, 7) is 1.55. The monoisotopic (exact) mass is 463 g/mol. The van der Waals surface area contributed by atoms with Gasteiger partial charge in [-0.25, -0.2) is 4.79 Å². The Morgan fingerprint density at radius 2 is 1.85 bits per heavy atom. The number of likely N-dealkylation sites (tertiary alicyclic amines) is 1. The number of benzene rings is 2. The first kappa shape index (κ1) is 22.9. The third-order valence-electron chi connectivity index (χ3n) is 7.76. The number of carbonyl (C=O) groups is 2. The second-order valence-corrected chi connectivity index (χ2v) is 9.50. The van der Waals surface area contributed by atoms with Crippen molar-refractivity contribution < 1.29 is 19.1 Å². The number of rotatable bonds is 5. The molecular formula is C27H33N3O4. The van der Waals surface area contributed by atoms with E-state index in [4.69, 9.17) is 9.47 Å². The van der Waals surface area contributed by atoms with Gasteiger partial charge in [0.25, 0.3) is 0 Å². The Bertz CT molecular complexity index is 1050. The quantitative estimate of drug-likeness (QED) is 0.690. The zero-order valence-electron chi connectivity index (χ0n) is 19.9. The van der Waals surface area contributed by atoms with Crippen LogP contribution in [0.5, 0.6) is 0 Å². The van der Waals surface area contributed by atoms with Gasteiger partial charge in [-0.2, -0.15) is 0 Å². The lowest BCUT2D eigenvalue weighted by Gasteiger charge is -2.52. The Balaban J connectivity index is 1.43. The molecule has 4 atom stereocenters. The predicted octanol–water partition coefficient (Wildman–Crippen LogP) is 3.45. The number of urea groups is 1. The molecular weight excluding hydrogens is 430 g/mol. The molecule has 0 aliphatic carbocycles. The van der Waals surface area contributed by atoms with Crippen molar-refractivity contribution in [2.24, 2.45) is 5.92 Å². The van der Waals surface area contributed by atoms with E-state index in [-0.39, 0.29) is 36.5 Å². The smallest absolute Gasteiger partial charge is 0.320 e. The first-order valence-electron chi connectivity index (χ1n) is 12.1. The van der Waals surface area contributed by atoms with Crippen LogP contribution in [0.15, 0.2) is 54.6 Å². The molecule has 180 valence electrons. The molecule has 3 aliphatic rings. The van der Waals surface area contributed by atoms with E-state index < -0.39 is 5.72 Å². The standard InChI is InChI=1S/C27H33N3O4/c1-33-18-27(34-2,20-10-4-3-5-11-20)28-26(32)30-15-8-13-22-24(30)17-23-21-12-7-6-9-19(21)14-16-29(23)25(22)31/h3-7,9-12,22-24H,8,13-18H2,1-2H3,(H,28,32)/t22-,23+,24-,27-/m0/s1. The molecule has 3 heterocycles. The maximum Gasteiger partial charge on any atom is 0.320 e. The number of nitrogens with zero attached hydrogens (tertiary/aromatic N) is 2. The van der Waals surface area contributed by atoms with Crippen molar-refractivity contribution in [1.29, 1.82) is 0 Å². The fourth-order valence-electron chi connectivity index (χ4n) is 6.07. The third kappa shape index (κ3) is 3.87. The lowest BCUT2D eigenvalue weighted by molar-refractivity contribution is -0.148. The highest BCUT2D eigenvalue weighted by Gasteiger charge is 2.49. The van der Waals surface area contributed by atoms with Gasteiger partial charge < -0.3 is 24.6 Å². The van der Waals surface area contributed by atoms with Gasteiger partial charge in [0.2, 0.25) is 5.91 Å². The summed E-state index contributed by atoms with van der Waals surface area (Å²) in [7, 11) is 3.17. The van der Waals surface area contributed by atoms with Crippen LogP contribution < -0.4 is 5.32 Å². The van der Waals surface area contributed by atoms with Gasteiger partial charge in [0, 0.05) is 38.9 Å². The summed E-state index contributed by atoms with van der Waals surface area (Å²) in [6, 6.07) is 17.7. The molecule has 7 heteroatoms. The second-order valence-electron chi connectivity index (χ2n) is 9.50. The van der Waals surface area contributed by atoms with Crippen molar-refractivity contribution in [2.45, 2.75) is 43.5 Å². The number of carbonyl (C=O) groups excluding carboxylic acids is 2. The molecule has 5 rings (SSSR count). The molecule has 2 aromatic rings. The van der Waals surface area contributed by atoms with Crippen molar-refractivity contribution >= 4 is 11.9 Å². The largest absolute Gasteiger partial charge is 0.379 e. The first-order valence-corrected chi connectivity index (χ1v) is 12.1. The van der Waals surface area contributed by atoms with Crippen LogP contribution in [0.2, 0.25) is 0 Å². The van der Waals surface area contributed by atoms with Gasteiger partial charge in [0.05, 0.1) is 18.6 Å². The van der Waals surface area contributed by atoms with Gasteiger partial charge in [-0.05, 0) is 36.8 Å². The number of hydrogen-bond donors (Lipinski definition) is 1. The van der Waals surface area contributed by atoms with Crippen LogP contribution in [0.3, 0.4) is 0 Å².